The summed E-state index contributed by atoms with van der Waals surface area (Å²) < 4.78 is 28.1. The Morgan fingerprint density at radius 3 is 2.55 bits per heavy atom. The molecule has 0 saturated heterocycles. The zero-order valence-corrected chi connectivity index (χ0v) is 13.2. The zero-order chi connectivity index (χ0) is 16.2. The molecule has 0 spiro atoms. The summed E-state index contributed by atoms with van der Waals surface area (Å²) in [5.41, 5.74) is 1.81. The first kappa shape index (κ1) is 16.2. The molecule has 0 aromatic heterocycles. The van der Waals surface area contributed by atoms with Crippen LogP contribution in [0.3, 0.4) is 0 Å². The van der Waals surface area contributed by atoms with E-state index in [9.17, 15) is 13.2 Å². The van der Waals surface area contributed by atoms with Gasteiger partial charge in [0.2, 0.25) is 0 Å². The Labute approximate surface area is 129 Å². The van der Waals surface area contributed by atoms with Gasteiger partial charge in [0.05, 0.1) is 11.5 Å². The summed E-state index contributed by atoms with van der Waals surface area (Å²) in [4.78, 5) is 12.4. The van der Waals surface area contributed by atoms with Crippen molar-refractivity contribution in [1.82, 2.24) is 0 Å². The first-order valence-corrected chi connectivity index (χ1v) is 8.48. The molecule has 0 saturated carbocycles. The van der Waals surface area contributed by atoms with Crippen molar-refractivity contribution in [3.05, 3.63) is 59.7 Å². The second kappa shape index (κ2) is 6.72. The Morgan fingerprint density at radius 1 is 1.14 bits per heavy atom. The lowest BCUT2D eigenvalue weighted by Crippen LogP contribution is -2.12. The van der Waals surface area contributed by atoms with Crippen LogP contribution in [0.25, 0.3) is 0 Å². The molecule has 0 heterocycles. The molecule has 1 N–H and O–H groups in total. The predicted molar refractivity (Wildman–Crippen MR) is 84.7 cm³/mol. The molecule has 0 aliphatic carbocycles. The highest BCUT2D eigenvalue weighted by atomic mass is 32.2. The van der Waals surface area contributed by atoms with Crippen LogP contribution >= 0.6 is 0 Å². The number of ether oxygens (including phenoxy) is 1. The fraction of sp³-hybridized carbons (Fsp3) is 0.188. The van der Waals surface area contributed by atoms with Crippen molar-refractivity contribution in [1.29, 1.82) is 0 Å². The number of anilines is 1. The third-order valence-electron chi connectivity index (χ3n) is 3.02. The number of sulfone groups is 1. The van der Waals surface area contributed by atoms with Crippen molar-refractivity contribution in [2.24, 2.45) is 0 Å². The average molecular weight is 319 g/mol. The van der Waals surface area contributed by atoms with Gasteiger partial charge in [0.1, 0.15) is 0 Å². The maximum absolute atomic E-state index is 12.2. The van der Waals surface area contributed by atoms with E-state index in [-0.39, 0.29) is 10.8 Å². The van der Waals surface area contributed by atoms with Gasteiger partial charge in [0.25, 0.3) is 5.91 Å². The highest BCUT2D eigenvalue weighted by Crippen LogP contribution is 2.16. The molecule has 0 radical (unpaired) electrons. The van der Waals surface area contributed by atoms with E-state index in [2.05, 4.69) is 5.32 Å². The van der Waals surface area contributed by atoms with Gasteiger partial charge in [0.15, 0.2) is 9.84 Å². The number of amides is 1. The molecule has 0 unspecified atom stereocenters. The maximum atomic E-state index is 12.2. The fourth-order valence-corrected chi connectivity index (χ4v) is 2.64. The molecule has 0 fully saturated rings. The van der Waals surface area contributed by atoms with E-state index in [1.165, 1.54) is 12.1 Å². The molecule has 0 atom stereocenters. The number of nitrogens with one attached hydrogen (secondary N) is 1. The summed E-state index contributed by atoms with van der Waals surface area (Å²) in [7, 11) is -1.72. The second-order valence-electron chi connectivity index (χ2n) is 4.89. The molecule has 0 bridgehead atoms. The molecule has 2 rings (SSSR count). The number of benzene rings is 2. The summed E-state index contributed by atoms with van der Waals surface area (Å²) in [5, 5.41) is 2.70. The van der Waals surface area contributed by atoms with Crippen molar-refractivity contribution in [3.63, 3.8) is 0 Å². The smallest absolute Gasteiger partial charge is 0.255 e. The summed E-state index contributed by atoms with van der Waals surface area (Å²) in [6.07, 6.45) is 1.13. The van der Waals surface area contributed by atoms with Crippen LogP contribution < -0.4 is 5.32 Å². The van der Waals surface area contributed by atoms with Crippen LogP contribution in [0.2, 0.25) is 0 Å². The van der Waals surface area contributed by atoms with Crippen LogP contribution in [-0.2, 0) is 21.2 Å². The van der Waals surface area contributed by atoms with Crippen LogP contribution in [0, 0.1) is 0 Å². The quantitative estimate of drug-likeness (QED) is 0.919. The average Bonchev–Trinajstić information content (AvgIpc) is 2.47. The van der Waals surface area contributed by atoms with Crippen LogP contribution in [-0.4, -0.2) is 27.7 Å². The topological polar surface area (TPSA) is 72.5 Å². The molecular formula is C16H17NO4S. The van der Waals surface area contributed by atoms with Crippen molar-refractivity contribution >= 4 is 21.4 Å². The van der Waals surface area contributed by atoms with Gasteiger partial charge in [-0.05, 0) is 35.9 Å². The molecule has 2 aromatic rings. The summed E-state index contributed by atoms with van der Waals surface area (Å²) >= 11 is 0. The van der Waals surface area contributed by atoms with Gasteiger partial charge in [-0.25, -0.2) is 8.42 Å². The highest BCUT2D eigenvalue weighted by Gasteiger charge is 2.10. The largest absolute Gasteiger partial charge is 0.380 e. The number of carbonyl (C=O) groups excluding carboxylic acids is 1. The van der Waals surface area contributed by atoms with E-state index >= 15 is 0 Å². The monoisotopic (exact) mass is 319 g/mol. The number of hydrogen-bond donors (Lipinski definition) is 1. The van der Waals surface area contributed by atoms with Gasteiger partial charge in [-0.15, -0.1) is 0 Å². The maximum Gasteiger partial charge on any atom is 0.255 e. The van der Waals surface area contributed by atoms with Gasteiger partial charge < -0.3 is 10.1 Å². The van der Waals surface area contributed by atoms with E-state index < -0.39 is 9.84 Å². The molecule has 0 aliphatic rings. The van der Waals surface area contributed by atoms with Crippen molar-refractivity contribution in [2.75, 3.05) is 18.7 Å². The van der Waals surface area contributed by atoms with Gasteiger partial charge in [-0.1, -0.05) is 18.2 Å². The van der Waals surface area contributed by atoms with Gasteiger partial charge in [0, 0.05) is 24.6 Å². The summed E-state index contributed by atoms with van der Waals surface area (Å²) in [6, 6.07) is 13.2. The first-order chi connectivity index (χ1) is 10.4. The molecule has 1 amide bonds. The third-order valence-corrected chi connectivity index (χ3v) is 4.13. The fourth-order valence-electron chi connectivity index (χ4n) is 1.98. The van der Waals surface area contributed by atoms with Crippen LogP contribution in [0.15, 0.2) is 53.4 Å². The molecule has 2 aromatic carbocycles. The minimum Gasteiger partial charge on any atom is -0.380 e. The van der Waals surface area contributed by atoms with Crippen LogP contribution in [0.1, 0.15) is 15.9 Å². The van der Waals surface area contributed by atoms with Gasteiger partial charge in [-0.3, -0.25) is 4.79 Å². The molecule has 116 valence electrons. The van der Waals surface area contributed by atoms with E-state index in [0.717, 1.165) is 11.8 Å². The highest BCUT2D eigenvalue weighted by molar-refractivity contribution is 7.90. The number of carbonyl (C=O) groups is 1. The minimum atomic E-state index is -3.31. The van der Waals surface area contributed by atoms with Crippen molar-refractivity contribution < 1.29 is 17.9 Å². The predicted octanol–water partition coefficient (Wildman–Crippen LogP) is 2.49. The third kappa shape index (κ3) is 4.16. The molecule has 6 heteroatoms. The zero-order valence-electron chi connectivity index (χ0n) is 12.4. The Morgan fingerprint density at radius 2 is 1.86 bits per heavy atom. The first-order valence-electron chi connectivity index (χ1n) is 6.59. The van der Waals surface area contributed by atoms with E-state index in [1.807, 2.05) is 6.07 Å². The standard InChI is InChI=1S/C16H17NO4S/c1-21-11-12-5-3-6-13(9-12)16(18)17-14-7-4-8-15(10-14)22(2,19)20/h3-10H,11H2,1-2H3,(H,17,18). The van der Waals surface area contributed by atoms with Crippen LogP contribution in [0.5, 0.6) is 0 Å². The van der Waals surface area contributed by atoms with Gasteiger partial charge >= 0.3 is 0 Å². The van der Waals surface area contributed by atoms with Crippen LogP contribution in [0.4, 0.5) is 5.69 Å². The normalized spacial score (nSPS) is 11.2. The SMILES string of the molecule is COCc1cccc(C(=O)Nc2cccc(S(C)(=O)=O)c2)c1. The number of hydrogen-bond acceptors (Lipinski definition) is 4. The summed E-state index contributed by atoms with van der Waals surface area (Å²) in [5.74, 6) is -0.302. The second-order valence-corrected chi connectivity index (χ2v) is 6.90. The van der Waals surface area contributed by atoms with Crippen molar-refractivity contribution in [2.45, 2.75) is 11.5 Å². The van der Waals surface area contributed by atoms with Gasteiger partial charge in [-0.2, -0.15) is 0 Å². The Balaban J connectivity index is 2.20. The van der Waals surface area contributed by atoms with Crippen molar-refractivity contribution in [3.8, 4) is 0 Å². The lowest BCUT2D eigenvalue weighted by atomic mass is 10.1. The molecule has 0 aliphatic heterocycles. The number of methoxy groups -OCH3 is 1. The van der Waals surface area contributed by atoms with E-state index in [0.29, 0.717) is 17.9 Å². The molecular weight excluding hydrogens is 302 g/mol. The Hall–Kier alpha value is -2.18. The van der Waals surface area contributed by atoms with E-state index in [1.54, 1.807) is 37.4 Å². The summed E-state index contributed by atoms with van der Waals surface area (Å²) in [6.45, 7) is 0.421. The number of rotatable bonds is 5. The lowest BCUT2D eigenvalue weighted by molar-refractivity contribution is 0.102. The minimum absolute atomic E-state index is 0.165. The molecule has 22 heavy (non-hydrogen) atoms. The molecule has 5 nitrogen and oxygen atoms in total. The Bertz CT molecular complexity index is 784. The lowest BCUT2D eigenvalue weighted by Gasteiger charge is -2.08. The Kier molecular flexibility index (Phi) is 4.95. The van der Waals surface area contributed by atoms with E-state index in [4.69, 9.17) is 4.74 Å².